The molecule has 11 rings (SSSR count). The van der Waals surface area contributed by atoms with E-state index >= 15 is 0 Å². The highest BCUT2D eigenvalue weighted by Gasteiger charge is 2.17. The summed E-state index contributed by atoms with van der Waals surface area (Å²) in [6, 6.07) is 75.7. The van der Waals surface area contributed by atoms with Crippen LogP contribution in [0.2, 0.25) is 0 Å². The van der Waals surface area contributed by atoms with Crippen molar-refractivity contribution in [2.24, 2.45) is 0 Å². The van der Waals surface area contributed by atoms with E-state index in [1.165, 1.54) is 0 Å². The van der Waals surface area contributed by atoms with E-state index in [-0.39, 0.29) is 0 Å². The van der Waals surface area contributed by atoms with E-state index in [1.807, 2.05) is 86.0 Å². The number of aromatic nitrogens is 6. The number of nitrogens with zero attached hydrogens (tertiary/aromatic N) is 6. The average molecular weight is 873 g/mol. The second-order valence-corrected chi connectivity index (χ2v) is 16.8. The molecule has 0 saturated heterocycles. The minimum absolute atomic E-state index is 0.655. The van der Waals surface area contributed by atoms with Gasteiger partial charge in [-0.05, 0) is 101 Å². The van der Waals surface area contributed by atoms with Gasteiger partial charge in [-0.1, -0.05) is 170 Å². The van der Waals surface area contributed by atoms with Crippen molar-refractivity contribution in [3.8, 4) is 112 Å². The Labute approximate surface area is 396 Å². The van der Waals surface area contributed by atoms with Gasteiger partial charge >= 0.3 is 0 Å². The monoisotopic (exact) mass is 872 g/mol. The van der Waals surface area contributed by atoms with Crippen molar-refractivity contribution in [2.45, 2.75) is 13.8 Å². The van der Waals surface area contributed by atoms with Crippen LogP contribution in [0.1, 0.15) is 11.4 Å². The molecule has 0 aliphatic rings. The van der Waals surface area contributed by atoms with E-state index in [2.05, 4.69) is 164 Å². The first-order chi connectivity index (χ1) is 33.5. The van der Waals surface area contributed by atoms with Crippen LogP contribution in [0.4, 0.5) is 0 Å². The molecule has 0 unspecified atom stereocenters. The van der Waals surface area contributed by atoms with Crippen LogP contribution in [0.25, 0.3) is 112 Å². The van der Waals surface area contributed by atoms with Gasteiger partial charge in [-0.2, -0.15) is 0 Å². The Morgan fingerprint density at radius 1 is 0.250 bits per heavy atom. The summed E-state index contributed by atoms with van der Waals surface area (Å²) in [5.74, 6) is 1.32. The number of aryl methyl sites for hydroxylation is 2. The van der Waals surface area contributed by atoms with Gasteiger partial charge in [0.1, 0.15) is 0 Å². The summed E-state index contributed by atoms with van der Waals surface area (Å²) in [7, 11) is 0. The van der Waals surface area contributed by atoms with Crippen molar-refractivity contribution in [1.29, 1.82) is 0 Å². The van der Waals surface area contributed by atoms with Crippen molar-refractivity contribution in [1.82, 2.24) is 29.9 Å². The first-order valence-corrected chi connectivity index (χ1v) is 22.7. The van der Waals surface area contributed by atoms with Crippen molar-refractivity contribution in [2.75, 3.05) is 0 Å². The Kier molecular flexibility index (Phi) is 11.3. The number of hydrogen-bond acceptors (Lipinski definition) is 6. The first-order valence-electron chi connectivity index (χ1n) is 22.7. The Balaban J connectivity index is 1.00. The lowest BCUT2D eigenvalue weighted by Gasteiger charge is -2.16. The SMILES string of the molecule is Cc1ccc(-c2cc(-c3cccc(-c4nc(-c5ccccc5)cc(-c5ccc(-c6ccncc6)cc5)n4)c3)ccc2-c2cccc(-c3nc(-c4ccccc4)cc(-c4ccccc4)n3)c2)c(C)n1. The number of benzene rings is 7. The minimum atomic E-state index is 0.655. The van der Waals surface area contributed by atoms with E-state index < -0.39 is 0 Å². The average Bonchev–Trinajstić information content (AvgIpc) is 3.41. The smallest absolute Gasteiger partial charge is 0.160 e. The Bertz CT molecular complexity index is 3500. The molecular formula is C62H44N6. The quantitative estimate of drug-likeness (QED) is 0.136. The highest BCUT2D eigenvalue weighted by Crippen LogP contribution is 2.40. The predicted molar refractivity (Wildman–Crippen MR) is 277 cm³/mol. The van der Waals surface area contributed by atoms with Crippen molar-refractivity contribution in [3.63, 3.8) is 0 Å². The molecule has 4 heterocycles. The molecule has 0 atom stereocenters. The molecule has 322 valence electrons. The molecule has 0 N–H and O–H groups in total. The van der Waals surface area contributed by atoms with Crippen LogP contribution < -0.4 is 0 Å². The number of pyridine rings is 2. The van der Waals surface area contributed by atoms with Gasteiger partial charge in [0.2, 0.25) is 0 Å². The normalized spacial score (nSPS) is 11.1. The third-order valence-corrected chi connectivity index (χ3v) is 12.3. The maximum Gasteiger partial charge on any atom is 0.160 e. The fourth-order valence-electron chi connectivity index (χ4n) is 8.78. The zero-order valence-corrected chi connectivity index (χ0v) is 37.6. The van der Waals surface area contributed by atoms with Gasteiger partial charge in [-0.25, -0.2) is 19.9 Å². The predicted octanol–water partition coefficient (Wildman–Crippen LogP) is 15.3. The topological polar surface area (TPSA) is 77.3 Å². The third kappa shape index (κ3) is 8.74. The van der Waals surface area contributed by atoms with Crippen molar-refractivity contribution >= 4 is 0 Å². The zero-order valence-electron chi connectivity index (χ0n) is 37.6. The molecule has 4 aromatic heterocycles. The molecule has 0 spiro atoms. The summed E-state index contributed by atoms with van der Waals surface area (Å²) >= 11 is 0. The Morgan fingerprint density at radius 3 is 1.18 bits per heavy atom. The van der Waals surface area contributed by atoms with Crippen LogP contribution in [0, 0.1) is 13.8 Å². The fourth-order valence-corrected chi connectivity index (χ4v) is 8.78. The molecule has 0 fully saturated rings. The largest absolute Gasteiger partial charge is 0.265 e. The molecule has 0 amide bonds. The number of hydrogen-bond donors (Lipinski definition) is 0. The molecule has 11 aromatic rings. The summed E-state index contributed by atoms with van der Waals surface area (Å²) in [5, 5.41) is 0. The van der Waals surface area contributed by atoms with E-state index in [4.69, 9.17) is 24.9 Å². The molecule has 0 bridgehead atoms. The van der Waals surface area contributed by atoms with Crippen LogP contribution in [0.3, 0.4) is 0 Å². The van der Waals surface area contributed by atoms with Gasteiger partial charge in [-0.3, -0.25) is 9.97 Å². The van der Waals surface area contributed by atoms with Gasteiger partial charge < -0.3 is 0 Å². The summed E-state index contributed by atoms with van der Waals surface area (Å²) in [4.78, 5) is 29.8. The Morgan fingerprint density at radius 2 is 0.647 bits per heavy atom. The Hall–Kier alpha value is -9.00. The fraction of sp³-hybridized carbons (Fsp3) is 0.0323. The highest BCUT2D eigenvalue weighted by molar-refractivity contribution is 5.90. The molecule has 7 aromatic carbocycles. The van der Waals surface area contributed by atoms with E-state index in [1.54, 1.807) is 0 Å². The summed E-state index contributed by atoms with van der Waals surface area (Å²) < 4.78 is 0. The lowest BCUT2D eigenvalue weighted by molar-refractivity contribution is 1.13. The third-order valence-electron chi connectivity index (χ3n) is 12.3. The van der Waals surface area contributed by atoms with Gasteiger partial charge in [0, 0.05) is 62.7 Å². The summed E-state index contributed by atoms with van der Waals surface area (Å²) in [6.45, 7) is 4.12. The maximum atomic E-state index is 5.21. The lowest BCUT2D eigenvalue weighted by atomic mass is 9.89. The molecule has 0 radical (unpaired) electrons. The first kappa shape index (κ1) is 41.7. The molecule has 0 saturated carbocycles. The van der Waals surface area contributed by atoms with Gasteiger partial charge in [0.25, 0.3) is 0 Å². The number of rotatable bonds is 10. The molecule has 6 nitrogen and oxygen atoms in total. The standard InChI is InChI=1S/C62H44N6/c1-41-24-30-54(42(2)64-41)56-38-50(29-31-55(56)51-21-13-23-53(37-51)62-66-57(45-14-6-3-7-15-45)39-58(67-62)46-16-8-4-9-17-46)49-20-12-22-52(36-49)61-65-59(47-18-10-5-11-19-47)40-60(68-61)48-27-25-43(26-28-48)44-32-34-63-35-33-44/h3-40H,1-2H3. The van der Waals surface area contributed by atoms with Gasteiger partial charge in [0.15, 0.2) is 11.6 Å². The van der Waals surface area contributed by atoms with Crippen LogP contribution in [0.5, 0.6) is 0 Å². The van der Waals surface area contributed by atoms with E-state index in [0.29, 0.717) is 11.6 Å². The van der Waals surface area contributed by atoms with E-state index in [9.17, 15) is 0 Å². The minimum Gasteiger partial charge on any atom is -0.265 e. The second kappa shape index (κ2) is 18.5. The summed E-state index contributed by atoms with van der Waals surface area (Å²) in [6.07, 6.45) is 3.64. The zero-order chi connectivity index (χ0) is 45.8. The highest BCUT2D eigenvalue weighted by atomic mass is 14.9. The van der Waals surface area contributed by atoms with Crippen LogP contribution >= 0.6 is 0 Å². The van der Waals surface area contributed by atoms with Crippen LogP contribution in [0.15, 0.2) is 231 Å². The van der Waals surface area contributed by atoms with Crippen LogP contribution in [-0.2, 0) is 0 Å². The van der Waals surface area contributed by atoms with E-state index in [0.717, 1.165) is 112 Å². The van der Waals surface area contributed by atoms with Gasteiger partial charge in [0.05, 0.1) is 22.8 Å². The van der Waals surface area contributed by atoms with Crippen molar-refractivity contribution in [3.05, 3.63) is 242 Å². The van der Waals surface area contributed by atoms with Gasteiger partial charge in [-0.15, -0.1) is 0 Å². The van der Waals surface area contributed by atoms with Crippen LogP contribution in [-0.4, -0.2) is 29.9 Å². The maximum absolute atomic E-state index is 5.21. The molecule has 0 aliphatic heterocycles. The second-order valence-electron chi connectivity index (χ2n) is 16.8. The lowest BCUT2D eigenvalue weighted by Crippen LogP contribution is -1.97. The molecule has 6 heteroatoms. The molecular weight excluding hydrogens is 829 g/mol. The molecule has 0 aliphatic carbocycles. The van der Waals surface area contributed by atoms with Crippen molar-refractivity contribution < 1.29 is 0 Å². The summed E-state index contributed by atoms with van der Waals surface area (Å²) in [5.41, 5.74) is 20.0. The molecule has 68 heavy (non-hydrogen) atoms.